The summed E-state index contributed by atoms with van der Waals surface area (Å²) >= 11 is -3.29. The zero-order chi connectivity index (χ0) is 23.6. The monoisotopic (exact) mass is 598 g/mol. The predicted octanol–water partition coefficient (Wildman–Crippen LogP) is 9.05. The van der Waals surface area contributed by atoms with Gasteiger partial charge in [0.1, 0.15) is 0 Å². The van der Waals surface area contributed by atoms with Gasteiger partial charge in [-0.15, -0.1) is 24.8 Å². The summed E-state index contributed by atoms with van der Waals surface area (Å²) in [5, 5.41) is 0. The van der Waals surface area contributed by atoms with Crippen LogP contribution in [0.2, 0.25) is 9.26 Å². The van der Waals surface area contributed by atoms with Crippen molar-refractivity contribution in [1.29, 1.82) is 0 Å². The Morgan fingerprint density at radius 3 is 2.09 bits per heavy atom. The molecule has 0 amide bonds. The average Bonchev–Trinajstić information content (AvgIpc) is 3.34. The summed E-state index contributed by atoms with van der Waals surface area (Å²) in [5.41, 5.74) is 11.8. The Balaban J connectivity index is 0.00000171. The van der Waals surface area contributed by atoms with E-state index in [1.807, 2.05) is 0 Å². The summed E-state index contributed by atoms with van der Waals surface area (Å²) in [6.07, 6.45) is 7.41. The molecular formula is C31H38Cl2SiZr. The molecule has 35 heavy (non-hydrogen) atoms. The summed E-state index contributed by atoms with van der Waals surface area (Å²) in [6.45, 7) is 11.6. The fraction of sp³-hybridized carbons (Fsp3) is 0.290. The molecule has 0 bridgehead atoms. The molecule has 0 saturated carbocycles. The van der Waals surface area contributed by atoms with Crippen LogP contribution in [0.5, 0.6) is 0 Å². The second kappa shape index (κ2) is 9.60. The largest absolute Gasteiger partial charge is 0.147 e. The van der Waals surface area contributed by atoms with E-state index in [1.54, 1.807) is 16.7 Å². The minimum Gasteiger partial charge on any atom is -0.147 e. The van der Waals surface area contributed by atoms with Gasteiger partial charge in [0.25, 0.3) is 0 Å². The van der Waals surface area contributed by atoms with Gasteiger partial charge >= 0.3 is 203 Å². The van der Waals surface area contributed by atoms with Crippen molar-refractivity contribution in [3.05, 3.63) is 106 Å². The van der Waals surface area contributed by atoms with Gasteiger partial charge in [-0.05, 0) is 0 Å². The molecule has 0 spiro atoms. The van der Waals surface area contributed by atoms with Gasteiger partial charge in [0.2, 0.25) is 0 Å². The zero-order valence-corrected chi connectivity index (χ0v) is 27.3. The van der Waals surface area contributed by atoms with Crippen molar-refractivity contribution < 1.29 is 17.4 Å². The SMILES string of the molecule is CC1=Cc2c(-c3ccc(C(C)(C)C)cc3)cccc2[CH]1[Zr]([CH3])([CH3])(=[SiH2])[CH]1C=Cc2ccccc21.Cl.Cl. The standard InChI is InChI=1S/C20H21.C9H7.2CH3.2ClH.H2Si.Zr/c1-14-12-16-6-5-7-18(19(16)13-14)15-8-10-17(11-9-15)20(2,3)4;1-2-5-9-7-3-6-8(9)4-1;;;;;;/h5-13H,1-4H3;1-7H;2*1H3;2*1H;1H2;. The first-order valence-corrected chi connectivity index (χ1v) is 25.9. The molecule has 3 aromatic carbocycles. The molecule has 3 aromatic rings. The summed E-state index contributed by atoms with van der Waals surface area (Å²) in [4.78, 5) is 0. The zero-order valence-electron chi connectivity index (χ0n) is 21.8. The van der Waals surface area contributed by atoms with E-state index in [0.717, 1.165) is 0 Å². The van der Waals surface area contributed by atoms with Gasteiger partial charge in [0.05, 0.1) is 0 Å². The first kappa shape index (κ1) is 28.4. The van der Waals surface area contributed by atoms with Crippen molar-refractivity contribution in [2.24, 2.45) is 0 Å². The van der Waals surface area contributed by atoms with Crippen LogP contribution in [0.1, 0.15) is 62.8 Å². The maximum absolute atomic E-state index is 3.29. The van der Waals surface area contributed by atoms with E-state index in [4.69, 9.17) is 0 Å². The number of hydrogen-bond acceptors (Lipinski definition) is 0. The van der Waals surface area contributed by atoms with Gasteiger partial charge in [0.15, 0.2) is 0 Å². The van der Waals surface area contributed by atoms with E-state index in [1.165, 1.54) is 27.8 Å². The van der Waals surface area contributed by atoms with Gasteiger partial charge in [-0.3, -0.25) is 0 Å². The van der Waals surface area contributed by atoms with E-state index in [0.29, 0.717) is 7.25 Å². The Labute approximate surface area is 226 Å². The van der Waals surface area contributed by atoms with Crippen LogP contribution in [0.3, 0.4) is 0 Å². The van der Waals surface area contributed by atoms with Crippen molar-refractivity contribution in [3.8, 4) is 11.1 Å². The van der Waals surface area contributed by atoms with Crippen molar-refractivity contribution >= 4 is 43.8 Å². The molecule has 2 aliphatic carbocycles. The number of allylic oxidation sites excluding steroid dienone is 2. The second-order valence-electron chi connectivity index (χ2n) is 12.4. The Hall–Kier alpha value is -1.18. The van der Waals surface area contributed by atoms with Crippen LogP contribution in [0, 0.1) is 0 Å². The molecule has 2 unspecified atom stereocenters. The van der Waals surface area contributed by atoms with Crippen molar-refractivity contribution in [2.75, 3.05) is 0 Å². The number of hydrogen-bond donors (Lipinski definition) is 0. The summed E-state index contributed by atoms with van der Waals surface area (Å²) in [7, 11) is 0. The number of benzene rings is 3. The van der Waals surface area contributed by atoms with Gasteiger partial charge in [0, 0.05) is 0 Å². The van der Waals surface area contributed by atoms with Crippen LogP contribution >= 0.6 is 24.8 Å². The fourth-order valence-corrected chi connectivity index (χ4v) is 24.6. The quantitative estimate of drug-likeness (QED) is 0.263. The number of fused-ring (bicyclic) bond motifs is 2. The normalized spacial score (nSPS) is 18.8. The minimum atomic E-state index is -3.29. The predicted molar refractivity (Wildman–Crippen MR) is 160 cm³/mol. The molecule has 0 aliphatic heterocycles. The molecule has 2 atom stereocenters. The molecule has 2 aliphatic rings. The Bertz CT molecular complexity index is 1380. The molecule has 4 heteroatoms. The molecule has 0 heterocycles. The Morgan fingerprint density at radius 2 is 1.43 bits per heavy atom. The molecule has 5 rings (SSSR count). The topological polar surface area (TPSA) is 0 Å². The molecule has 0 aromatic heterocycles. The van der Waals surface area contributed by atoms with Crippen molar-refractivity contribution in [3.63, 3.8) is 0 Å². The van der Waals surface area contributed by atoms with E-state index in [-0.39, 0.29) is 30.2 Å². The third-order valence-electron chi connectivity index (χ3n) is 8.11. The van der Waals surface area contributed by atoms with Crippen LogP contribution in [0.25, 0.3) is 23.3 Å². The van der Waals surface area contributed by atoms with E-state index in [2.05, 4.69) is 129 Å². The third kappa shape index (κ3) is 4.77. The molecule has 0 N–H and O–H groups in total. The molecule has 0 fully saturated rings. The van der Waals surface area contributed by atoms with Crippen molar-refractivity contribution in [2.45, 2.75) is 49.6 Å². The van der Waals surface area contributed by atoms with Crippen LogP contribution in [-0.2, 0) is 22.8 Å². The van der Waals surface area contributed by atoms with E-state index < -0.39 is 17.4 Å². The van der Waals surface area contributed by atoms with Crippen LogP contribution in [0.15, 0.2) is 78.4 Å². The maximum atomic E-state index is 2.69. The molecule has 0 saturated heterocycles. The maximum Gasteiger partial charge on any atom is -0.147 e. The molecule has 184 valence electrons. The number of rotatable bonds is 3. The second-order valence-corrected chi connectivity index (χ2v) is 42.9. The fourth-order valence-electron chi connectivity index (χ4n) is 6.47. The summed E-state index contributed by atoms with van der Waals surface area (Å²) in [5.74, 6) is 0. The molecule has 0 radical (unpaired) electrons. The summed E-state index contributed by atoms with van der Waals surface area (Å²) in [6, 6.07) is 25.3. The van der Waals surface area contributed by atoms with Crippen molar-refractivity contribution in [1.82, 2.24) is 0 Å². The number of halogens is 2. The van der Waals surface area contributed by atoms with Crippen LogP contribution < -0.4 is 0 Å². The first-order chi connectivity index (χ1) is 15.5. The van der Waals surface area contributed by atoms with E-state index >= 15 is 0 Å². The third-order valence-corrected chi connectivity index (χ3v) is 25.9. The van der Waals surface area contributed by atoms with Gasteiger partial charge < -0.3 is 0 Å². The Morgan fingerprint density at radius 1 is 0.800 bits per heavy atom. The van der Waals surface area contributed by atoms with Gasteiger partial charge in [-0.2, -0.15) is 0 Å². The van der Waals surface area contributed by atoms with Crippen LogP contribution in [0.4, 0.5) is 0 Å². The molecule has 0 nitrogen and oxygen atoms in total. The first-order valence-electron chi connectivity index (χ1n) is 12.2. The minimum absolute atomic E-state index is 0. The Kier molecular flexibility index (Phi) is 7.79. The average molecular weight is 601 g/mol. The van der Waals surface area contributed by atoms with Gasteiger partial charge in [-0.1, -0.05) is 0 Å². The smallest absolute Gasteiger partial charge is 0.147 e. The summed E-state index contributed by atoms with van der Waals surface area (Å²) < 4.78 is 6.56. The van der Waals surface area contributed by atoms with E-state index in [9.17, 15) is 0 Å². The van der Waals surface area contributed by atoms with Crippen LogP contribution in [-0.4, -0.2) is 6.88 Å². The molecular weight excluding hydrogens is 563 g/mol. The van der Waals surface area contributed by atoms with Gasteiger partial charge in [-0.25, -0.2) is 0 Å².